The minimum absolute atomic E-state index is 0.0394. The molecule has 1 aliphatic heterocycles. The van der Waals surface area contributed by atoms with Gasteiger partial charge in [-0.3, -0.25) is 15.0 Å². The number of anilines is 2. The van der Waals surface area contributed by atoms with E-state index in [0.29, 0.717) is 5.69 Å². The maximum atomic E-state index is 14.2. The number of nitrogens with zero attached hydrogens (tertiary/aromatic N) is 1. The van der Waals surface area contributed by atoms with Crippen LogP contribution in [-0.4, -0.2) is 48.1 Å². The lowest BCUT2D eigenvalue weighted by Crippen LogP contribution is -2.55. The number of carbonyl (C=O) groups is 2. The highest BCUT2D eigenvalue weighted by molar-refractivity contribution is 6.04. The standard InChI is InChI=1S/C23H27FN4O4/c1-23(2,3)14-5-7-15(8-6-14)28-10-11-32-19(22(28)31)18(29)21(30)27-17-9-4-13(20(25)26)12-16(17)24/h4-9,12,18-19,29H,10-11H2,1-3H3,(H3,25,26)(H,27,30)/t18?,19-/m1/s1. The summed E-state index contributed by atoms with van der Waals surface area (Å²) in [7, 11) is 0. The highest BCUT2D eigenvalue weighted by Crippen LogP contribution is 2.27. The van der Waals surface area contributed by atoms with Crippen molar-refractivity contribution in [2.45, 2.75) is 38.4 Å². The Morgan fingerprint density at radius 2 is 1.94 bits per heavy atom. The molecule has 1 aliphatic rings. The fraction of sp³-hybridized carbons (Fsp3) is 0.348. The Morgan fingerprint density at radius 1 is 1.28 bits per heavy atom. The summed E-state index contributed by atoms with van der Waals surface area (Å²) in [4.78, 5) is 26.9. The molecule has 0 bridgehead atoms. The Kier molecular flexibility index (Phi) is 6.61. The zero-order valence-electron chi connectivity index (χ0n) is 18.2. The van der Waals surface area contributed by atoms with Gasteiger partial charge in [-0.15, -0.1) is 0 Å². The van der Waals surface area contributed by atoms with E-state index in [1.807, 2.05) is 24.3 Å². The van der Waals surface area contributed by atoms with Crippen LogP contribution < -0.4 is 16.0 Å². The van der Waals surface area contributed by atoms with Crippen LogP contribution in [0.15, 0.2) is 42.5 Å². The number of nitrogen functional groups attached to an aromatic ring is 1. The van der Waals surface area contributed by atoms with Crippen LogP contribution in [0.5, 0.6) is 0 Å². The number of carbonyl (C=O) groups excluding carboxylic acids is 2. The molecular weight excluding hydrogens is 415 g/mol. The predicted molar refractivity (Wildman–Crippen MR) is 119 cm³/mol. The van der Waals surface area contributed by atoms with Crippen LogP contribution in [0.4, 0.5) is 15.8 Å². The molecule has 32 heavy (non-hydrogen) atoms. The molecule has 1 fully saturated rings. The van der Waals surface area contributed by atoms with E-state index in [2.05, 4.69) is 26.1 Å². The molecule has 5 N–H and O–H groups in total. The topological polar surface area (TPSA) is 129 Å². The Morgan fingerprint density at radius 3 is 2.50 bits per heavy atom. The first-order chi connectivity index (χ1) is 15.0. The van der Waals surface area contributed by atoms with Gasteiger partial charge in [-0.1, -0.05) is 32.9 Å². The number of aliphatic hydroxyl groups is 1. The summed E-state index contributed by atoms with van der Waals surface area (Å²) >= 11 is 0. The number of morpholine rings is 1. The smallest absolute Gasteiger partial charge is 0.259 e. The molecule has 0 saturated carbocycles. The van der Waals surface area contributed by atoms with E-state index in [1.165, 1.54) is 17.0 Å². The average molecular weight is 442 g/mol. The zero-order chi connectivity index (χ0) is 23.6. The molecular formula is C23H27FN4O4. The molecule has 0 aliphatic carbocycles. The molecule has 1 saturated heterocycles. The van der Waals surface area contributed by atoms with E-state index in [-0.39, 0.29) is 35.7 Å². The number of nitrogens with two attached hydrogens (primary N) is 1. The number of benzene rings is 2. The van der Waals surface area contributed by atoms with E-state index in [9.17, 15) is 19.1 Å². The second-order valence-electron chi connectivity index (χ2n) is 8.62. The third-order valence-corrected chi connectivity index (χ3v) is 5.26. The van der Waals surface area contributed by atoms with E-state index in [1.54, 1.807) is 0 Å². The van der Waals surface area contributed by atoms with E-state index in [0.717, 1.165) is 11.6 Å². The summed E-state index contributed by atoms with van der Waals surface area (Å²) in [6.45, 7) is 6.67. The Balaban J connectivity index is 1.72. The van der Waals surface area contributed by atoms with E-state index in [4.69, 9.17) is 15.9 Å². The number of amidine groups is 1. The predicted octanol–water partition coefficient (Wildman–Crippen LogP) is 2.14. The molecule has 2 aromatic rings. The van der Waals surface area contributed by atoms with Crippen molar-refractivity contribution in [3.63, 3.8) is 0 Å². The largest absolute Gasteiger partial charge is 0.384 e. The summed E-state index contributed by atoms with van der Waals surface area (Å²) in [6.07, 6.45) is -3.27. The number of aliphatic hydroxyl groups excluding tert-OH is 1. The summed E-state index contributed by atoms with van der Waals surface area (Å²) in [5, 5.41) is 20.0. The highest BCUT2D eigenvalue weighted by Gasteiger charge is 2.39. The van der Waals surface area contributed by atoms with Gasteiger partial charge in [-0.2, -0.15) is 0 Å². The summed E-state index contributed by atoms with van der Waals surface area (Å²) in [6, 6.07) is 11.1. The number of nitrogens with one attached hydrogen (secondary N) is 2. The van der Waals surface area contributed by atoms with Crippen LogP contribution in [0.3, 0.4) is 0 Å². The van der Waals surface area contributed by atoms with Gasteiger partial charge < -0.3 is 25.8 Å². The summed E-state index contributed by atoms with van der Waals surface area (Å²) in [5.74, 6) is -2.69. The number of ether oxygens (including phenoxy) is 1. The van der Waals surface area contributed by atoms with Crippen LogP contribution in [-0.2, 0) is 19.7 Å². The van der Waals surface area contributed by atoms with Gasteiger partial charge in [0.1, 0.15) is 11.7 Å². The second-order valence-corrected chi connectivity index (χ2v) is 8.62. The number of hydrogen-bond donors (Lipinski definition) is 4. The number of hydrogen-bond acceptors (Lipinski definition) is 5. The maximum absolute atomic E-state index is 14.2. The third-order valence-electron chi connectivity index (χ3n) is 5.26. The van der Waals surface area contributed by atoms with Crippen LogP contribution in [0.25, 0.3) is 0 Å². The normalized spacial score (nSPS) is 17.7. The molecule has 170 valence electrons. The maximum Gasteiger partial charge on any atom is 0.259 e. The SMILES string of the molecule is CC(C)(C)c1ccc(N2CCO[C@H](C(O)C(=O)Nc3ccc(C(=N)N)cc3F)C2=O)cc1. The average Bonchev–Trinajstić information content (AvgIpc) is 2.74. The number of rotatable bonds is 5. The molecule has 9 heteroatoms. The van der Waals surface area contributed by atoms with Crippen molar-refractivity contribution in [3.8, 4) is 0 Å². The molecule has 2 atom stereocenters. The molecule has 0 spiro atoms. The number of halogens is 1. The molecule has 1 unspecified atom stereocenters. The quantitative estimate of drug-likeness (QED) is 0.417. The molecule has 8 nitrogen and oxygen atoms in total. The van der Waals surface area contributed by atoms with E-state index >= 15 is 0 Å². The highest BCUT2D eigenvalue weighted by atomic mass is 19.1. The number of amides is 2. The Labute approximate surface area is 185 Å². The van der Waals surface area contributed by atoms with Gasteiger partial charge in [-0.25, -0.2) is 4.39 Å². The van der Waals surface area contributed by atoms with Gasteiger partial charge >= 0.3 is 0 Å². The van der Waals surface area contributed by atoms with E-state index < -0.39 is 29.8 Å². The van der Waals surface area contributed by atoms with Crippen LogP contribution in [0, 0.1) is 11.2 Å². The van der Waals surface area contributed by atoms with Crippen LogP contribution >= 0.6 is 0 Å². The van der Waals surface area contributed by atoms with Crippen molar-refractivity contribution in [2.24, 2.45) is 5.73 Å². The van der Waals surface area contributed by atoms with Gasteiger partial charge in [0.25, 0.3) is 11.8 Å². The summed E-state index contributed by atoms with van der Waals surface area (Å²) in [5.41, 5.74) is 6.96. The first-order valence-electron chi connectivity index (χ1n) is 10.2. The Bertz CT molecular complexity index is 1030. The minimum atomic E-state index is -1.84. The first-order valence-corrected chi connectivity index (χ1v) is 10.2. The monoisotopic (exact) mass is 442 g/mol. The van der Waals surface area contributed by atoms with Crippen molar-refractivity contribution in [1.82, 2.24) is 0 Å². The van der Waals surface area contributed by atoms with Gasteiger partial charge in [0.05, 0.1) is 12.3 Å². The van der Waals surface area contributed by atoms with Crippen LogP contribution in [0.1, 0.15) is 31.9 Å². The van der Waals surface area contributed by atoms with Gasteiger partial charge in [0, 0.05) is 17.8 Å². The van der Waals surface area contributed by atoms with Gasteiger partial charge in [0.15, 0.2) is 12.2 Å². The second kappa shape index (κ2) is 9.05. The lowest BCUT2D eigenvalue weighted by molar-refractivity contribution is -0.150. The molecule has 1 heterocycles. The fourth-order valence-corrected chi connectivity index (χ4v) is 3.36. The van der Waals surface area contributed by atoms with Crippen molar-refractivity contribution in [1.29, 1.82) is 5.41 Å². The van der Waals surface area contributed by atoms with Crippen molar-refractivity contribution < 1.29 is 23.8 Å². The summed E-state index contributed by atoms with van der Waals surface area (Å²) < 4.78 is 19.6. The fourth-order valence-electron chi connectivity index (χ4n) is 3.36. The van der Waals surface area contributed by atoms with Crippen molar-refractivity contribution >= 4 is 29.0 Å². The first kappa shape index (κ1) is 23.4. The van der Waals surface area contributed by atoms with Crippen molar-refractivity contribution in [2.75, 3.05) is 23.4 Å². The molecule has 0 radical (unpaired) electrons. The molecule has 2 aromatic carbocycles. The van der Waals surface area contributed by atoms with Crippen LogP contribution in [0.2, 0.25) is 0 Å². The lowest BCUT2D eigenvalue weighted by Gasteiger charge is -2.34. The zero-order valence-corrected chi connectivity index (χ0v) is 18.2. The third kappa shape index (κ3) is 4.95. The minimum Gasteiger partial charge on any atom is -0.384 e. The molecule has 0 aromatic heterocycles. The van der Waals surface area contributed by atoms with Gasteiger partial charge in [0.2, 0.25) is 0 Å². The Hall–Kier alpha value is -3.30. The lowest BCUT2D eigenvalue weighted by atomic mass is 9.87. The van der Waals surface area contributed by atoms with Crippen molar-refractivity contribution in [3.05, 3.63) is 59.4 Å². The van der Waals surface area contributed by atoms with Gasteiger partial charge in [-0.05, 0) is 41.3 Å². The molecule has 3 rings (SSSR count). The molecule has 2 amide bonds.